The third-order valence-corrected chi connectivity index (χ3v) is 2.92. The molecule has 0 spiro atoms. The maximum Gasteiger partial charge on any atom is 0.253 e. The summed E-state index contributed by atoms with van der Waals surface area (Å²) in [5, 5.41) is 10.7. The highest BCUT2D eigenvalue weighted by molar-refractivity contribution is 5.74. The first kappa shape index (κ1) is 16.4. The summed E-state index contributed by atoms with van der Waals surface area (Å²) in [5.74, 6) is 0. The molecule has 0 aliphatic heterocycles. The summed E-state index contributed by atoms with van der Waals surface area (Å²) in [6.45, 7) is 2.52. The van der Waals surface area contributed by atoms with Crippen LogP contribution >= 0.6 is 0 Å². The molecular weight excluding hydrogens is 276 g/mol. The van der Waals surface area contributed by atoms with Crippen molar-refractivity contribution in [3.05, 3.63) is 40.9 Å². The lowest BCUT2D eigenvalue weighted by atomic mass is 10.2. The largest absolute Gasteiger partial charge is 0.383 e. The van der Waals surface area contributed by atoms with Crippen LogP contribution in [0.3, 0.4) is 0 Å². The molecule has 0 saturated heterocycles. The first-order valence-corrected chi connectivity index (χ1v) is 6.38. The van der Waals surface area contributed by atoms with Crippen molar-refractivity contribution >= 4 is 22.7 Å². The second kappa shape index (κ2) is 6.69. The molecular formula is C13H18N4O4. The average molecular weight is 294 g/mol. The van der Waals surface area contributed by atoms with Gasteiger partial charge in [-0.2, -0.15) is 0 Å². The zero-order valence-electron chi connectivity index (χ0n) is 12.3. The molecule has 0 unspecified atom stereocenters. The summed E-state index contributed by atoms with van der Waals surface area (Å²) in [5.41, 5.74) is -0.143. The molecule has 0 aliphatic carbocycles. The number of hydrogen-bond donors (Lipinski definition) is 4. The highest BCUT2D eigenvalue weighted by Gasteiger charge is 2.18. The maximum absolute atomic E-state index is 10.8. The molecule has 2 aromatic carbocycles. The third kappa shape index (κ3) is 2.78. The molecule has 4 N–H and O–H groups in total. The number of hydrogen-bond acceptors (Lipinski definition) is 8. The van der Waals surface area contributed by atoms with E-state index in [0.29, 0.717) is 29.3 Å². The fraction of sp³-hybridized carbons (Fsp3) is 0.385. The van der Waals surface area contributed by atoms with Crippen molar-refractivity contribution in [2.75, 3.05) is 49.0 Å². The minimum Gasteiger partial charge on any atom is -0.383 e. The van der Waals surface area contributed by atoms with Gasteiger partial charge in [0, 0.05) is 27.7 Å². The van der Waals surface area contributed by atoms with E-state index in [4.69, 9.17) is 0 Å². The Morgan fingerprint density at radius 1 is 0.619 bits per heavy atom. The standard InChI is InChI=1S/C7H10N2O2.C6H8N2O2/c1-3-9-5-4(8-2)6(10)7(5)11;1-7-3-4(8-2)6(10)5(3)9/h8-9H,3H2,1-2H3;7-8H,1-2H3. The summed E-state index contributed by atoms with van der Waals surface area (Å²) in [4.78, 5) is 42.9. The summed E-state index contributed by atoms with van der Waals surface area (Å²) < 4.78 is 0. The van der Waals surface area contributed by atoms with Crippen LogP contribution in [0.1, 0.15) is 6.92 Å². The van der Waals surface area contributed by atoms with Gasteiger partial charge in [0.2, 0.25) is 0 Å². The molecule has 0 aromatic heterocycles. The van der Waals surface area contributed by atoms with Gasteiger partial charge >= 0.3 is 0 Å². The van der Waals surface area contributed by atoms with E-state index in [9.17, 15) is 19.2 Å². The Morgan fingerprint density at radius 2 is 0.905 bits per heavy atom. The van der Waals surface area contributed by atoms with E-state index >= 15 is 0 Å². The molecule has 0 bridgehead atoms. The quantitative estimate of drug-likeness (QED) is 0.525. The van der Waals surface area contributed by atoms with Crippen LogP contribution in [0.5, 0.6) is 0 Å². The molecule has 0 saturated carbocycles. The zero-order valence-corrected chi connectivity index (χ0v) is 12.3. The Bertz CT molecular complexity index is 732. The highest BCUT2D eigenvalue weighted by atomic mass is 16.2. The van der Waals surface area contributed by atoms with Crippen LogP contribution in [-0.4, -0.2) is 27.7 Å². The summed E-state index contributed by atoms with van der Waals surface area (Å²) in [6.07, 6.45) is 0. The van der Waals surface area contributed by atoms with Crippen LogP contribution in [0.25, 0.3) is 0 Å². The van der Waals surface area contributed by atoms with Crippen molar-refractivity contribution in [1.82, 2.24) is 0 Å². The number of anilines is 4. The van der Waals surface area contributed by atoms with Crippen LogP contribution in [-0.2, 0) is 0 Å². The van der Waals surface area contributed by atoms with Gasteiger partial charge in [0.05, 0.1) is 0 Å². The Hall–Kier alpha value is -2.64. The predicted molar refractivity (Wildman–Crippen MR) is 85.5 cm³/mol. The Morgan fingerprint density at radius 3 is 1.19 bits per heavy atom. The summed E-state index contributed by atoms with van der Waals surface area (Å²) in [7, 11) is 4.84. The molecule has 0 atom stereocenters. The van der Waals surface area contributed by atoms with Gasteiger partial charge in [0.15, 0.2) is 0 Å². The molecule has 0 fully saturated rings. The first-order valence-electron chi connectivity index (χ1n) is 6.38. The van der Waals surface area contributed by atoms with Gasteiger partial charge in [-0.1, -0.05) is 0 Å². The molecule has 0 amide bonds. The van der Waals surface area contributed by atoms with E-state index in [1.807, 2.05) is 6.92 Å². The highest BCUT2D eigenvalue weighted by Crippen LogP contribution is 2.12. The van der Waals surface area contributed by atoms with Crippen molar-refractivity contribution in [3.63, 3.8) is 0 Å². The molecule has 8 nitrogen and oxygen atoms in total. The molecule has 2 aromatic rings. The van der Waals surface area contributed by atoms with Gasteiger partial charge < -0.3 is 21.3 Å². The van der Waals surface area contributed by atoms with Gasteiger partial charge in [-0.3, -0.25) is 19.2 Å². The van der Waals surface area contributed by atoms with E-state index in [0.717, 1.165) is 0 Å². The molecule has 0 aliphatic rings. The average Bonchev–Trinajstić information content (AvgIpc) is 2.51. The van der Waals surface area contributed by atoms with Gasteiger partial charge in [-0.15, -0.1) is 0 Å². The third-order valence-electron chi connectivity index (χ3n) is 2.92. The van der Waals surface area contributed by atoms with Gasteiger partial charge in [-0.05, 0) is 6.92 Å². The summed E-state index contributed by atoms with van der Waals surface area (Å²) in [6, 6.07) is 0. The van der Waals surface area contributed by atoms with E-state index in [2.05, 4.69) is 21.3 Å². The summed E-state index contributed by atoms with van der Waals surface area (Å²) >= 11 is 0. The lowest BCUT2D eigenvalue weighted by Crippen LogP contribution is -2.36. The second-order valence-corrected chi connectivity index (χ2v) is 4.10. The van der Waals surface area contributed by atoms with Gasteiger partial charge in [0.25, 0.3) is 21.7 Å². The second-order valence-electron chi connectivity index (χ2n) is 4.10. The van der Waals surface area contributed by atoms with Gasteiger partial charge in [0.1, 0.15) is 22.7 Å². The molecule has 114 valence electrons. The fourth-order valence-corrected chi connectivity index (χ4v) is 1.84. The van der Waals surface area contributed by atoms with Crippen LogP contribution in [0.4, 0.5) is 22.7 Å². The van der Waals surface area contributed by atoms with E-state index in [1.165, 1.54) is 0 Å². The van der Waals surface area contributed by atoms with E-state index < -0.39 is 21.7 Å². The smallest absolute Gasteiger partial charge is 0.253 e. The molecule has 8 heteroatoms. The Kier molecular flexibility index (Phi) is 5.23. The van der Waals surface area contributed by atoms with Crippen molar-refractivity contribution in [3.8, 4) is 0 Å². The fourth-order valence-electron chi connectivity index (χ4n) is 1.84. The topological polar surface area (TPSA) is 116 Å². The van der Waals surface area contributed by atoms with Crippen LogP contribution < -0.4 is 43.0 Å². The van der Waals surface area contributed by atoms with E-state index in [1.54, 1.807) is 21.1 Å². The van der Waals surface area contributed by atoms with Crippen molar-refractivity contribution < 1.29 is 0 Å². The number of rotatable bonds is 5. The zero-order chi connectivity index (χ0) is 16.2. The van der Waals surface area contributed by atoms with Crippen LogP contribution in [0.2, 0.25) is 0 Å². The monoisotopic (exact) mass is 294 g/mol. The lowest BCUT2D eigenvalue weighted by molar-refractivity contribution is 1.18. The van der Waals surface area contributed by atoms with Crippen molar-refractivity contribution in [2.24, 2.45) is 0 Å². The van der Waals surface area contributed by atoms with Gasteiger partial charge in [-0.25, -0.2) is 0 Å². The Labute approximate surface area is 120 Å². The lowest BCUT2D eigenvalue weighted by Gasteiger charge is -2.09. The Balaban J connectivity index is 0.000000211. The molecule has 2 rings (SSSR count). The van der Waals surface area contributed by atoms with Crippen molar-refractivity contribution in [1.29, 1.82) is 0 Å². The number of nitrogens with one attached hydrogen (secondary N) is 4. The minimum absolute atomic E-state index is 0.382. The molecule has 0 radical (unpaired) electrons. The minimum atomic E-state index is -0.438. The SMILES string of the molecule is CCNc1c(NC)c(=O)c1=O.CNc1c(NC)c(=O)c1=O. The maximum atomic E-state index is 10.8. The van der Waals surface area contributed by atoms with Crippen LogP contribution in [0, 0.1) is 0 Å². The van der Waals surface area contributed by atoms with Crippen LogP contribution in [0.15, 0.2) is 19.2 Å². The predicted octanol–water partition coefficient (Wildman–Crippen LogP) is -0.878. The molecule has 0 heterocycles. The van der Waals surface area contributed by atoms with Crippen molar-refractivity contribution in [2.45, 2.75) is 6.92 Å². The first-order chi connectivity index (χ1) is 9.94. The molecule has 21 heavy (non-hydrogen) atoms. The van der Waals surface area contributed by atoms with E-state index in [-0.39, 0.29) is 0 Å². The normalized spacial score (nSPS) is 9.90.